The van der Waals surface area contributed by atoms with Gasteiger partial charge in [0.05, 0.1) is 10.5 Å². The van der Waals surface area contributed by atoms with Gasteiger partial charge >= 0.3 is 6.18 Å². The first-order valence-corrected chi connectivity index (χ1v) is 8.24. The Bertz CT molecular complexity index is 922. The van der Waals surface area contributed by atoms with Crippen molar-refractivity contribution in [2.45, 2.75) is 18.0 Å². The summed E-state index contributed by atoms with van der Waals surface area (Å²) in [6, 6.07) is 11.7. The number of hydrogen-bond acceptors (Lipinski definition) is 3. The van der Waals surface area contributed by atoms with Crippen LogP contribution in [0.3, 0.4) is 0 Å². The number of sulfone groups is 1. The van der Waals surface area contributed by atoms with Crippen LogP contribution in [0.2, 0.25) is 0 Å². The minimum absolute atomic E-state index is 0.148. The highest BCUT2D eigenvalue weighted by molar-refractivity contribution is 7.95. The van der Waals surface area contributed by atoms with Crippen molar-refractivity contribution in [2.24, 2.45) is 0 Å². The van der Waals surface area contributed by atoms with Crippen LogP contribution >= 0.6 is 0 Å². The zero-order valence-corrected chi connectivity index (χ0v) is 13.3. The lowest BCUT2D eigenvalue weighted by atomic mass is 10.1. The number of nitriles is 1. The molecule has 0 amide bonds. The summed E-state index contributed by atoms with van der Waals surface area (Å²) < 4.78 is 64.0. The average Bonchev–Trinajstić information content (AvgIpc) is 2.52. The highest BCUT2D eigenvalue weighted by Crippen LogP contribution is 2.33. The number of benzene rings is 2. The van der Waals surface area contributed by atoms with E-state index < -0.39 is 26.5 Å². The summed E-state index contributed by atoms with van der Waals surface area (Å²) in [7, 11) is -4.20. The highest BCUT2D eigenvalue weighted by Gasteiger charge is 2.33. The molecule has 24 heavy (non-hydrogen) atoms. The van der Waals surface area contributed by atoms with E-state index in [-0.39, 0.29) is 10.5 Å². The van der Waals surface area contributed by atoms with Gasteiger partial charge in [-0.15, -0.1) is 0 Å². The van der Waals surface area contributed by atoms with Crippen LogP contribution in [0.25, 0.3) is 6.08 Å². The smallest absolute Gasteiger partial charge is 0.218 e. The minimum Gasteiger partial charge on any atom is -0.218 e. The topological polar surface area (TPSA) is 57.9 Å². The van der Waals surface area contributed by atoms with Crippen LogP contribution in [0, 0.1) is 18.3 Å². The number of hydrogen-bond donors (Lipinski definition) is 0. The molecule has 0 saturated carbocycles. The first-order valence-electron chi connectivity index (χ1n) is 6.76. The van der Waals surface area contributed by atoms with Crippen LogP contribution in [0.4, 0.5) is 13.2 Å². The maximum absolute atomic E-state index is 13.0. The monoisotopic (exact) mass is 351 g/mol. The maximum atomic E-state index is 13.0. The summed E-state index contributed by atoms with van der Waals surface area (Å²) in [5.74, 6) is 0. The molecule has 0 aliphatic carbocycles. The molecule has 0 fully saturated rings. The molecule has 0 bridgehead atoms. The molecular formula is C17H12F3NO2S. The SMILES string of the molecule is Cc1ccc(S(=O)(=O)/C(C#N)=C\c2ccccc2C(F)(F)F)cc1. The zero-order valence-electron chi connectivity index (χ0n) is 12.5. The molecule has 0 spiro atoms. The lowest BCUT2D eigenvalue weighted by Gasteiger charge is -2.10. The molecule has 2 rings (SSSR count). The first kappa shape index (κ1) is 17.8. The Morgan fingerprint density at radius 1 is 1.08 bits per heavy atom. The van der Waals surface area contributed by atoms with E-state index in [0.717, 1.165) is 23.8 Å². The number of halogens is 3. The second-order valence-electron chi connectivity index (χ2n) is 5.02. The van der Waals surface area contributed by atoms with Crippen molar-refractivity contribution in [3.63, 3.8) is 0 Å². The molecule has 124 valence electrons. The largest absolute Gasteiger partial charge is 0.416 e. The number of allylic oxidation sites excluding steroid dienone is 1. The van der Waals surface area contributed by atoms with Crippen LogP contribution in [0.5, 0.6) is 0 Å². The third kappa shape index (κ3) is 3.66. The summed E-state index contributed by atoms with van der Waals surface area (Å²) >= 11 is 0. The van der Waals surface area contributed by atoms with Crippen molar-refractivity contribution in [1.82, 2.24) is 0 Å². The number of alkyl halides is 3. The number of nitrogens with zero attached hydrogens (tertiary/aromatic N) is 1. The Morgan fingerprint density at radius 3 is 2.21 bits per heavy atom. The van der Waals surface area contributed by atoms with Crippen molar-refractivity contribution in [1.29, 1.82) is 5.26 Å². The summed E-state index contributed by atoms with van der Waals surface area (Å²) in [4.78, 5) is -0.895. The van der Waals surface area contributed by atoms with E-state index in [1.54, 1.807) is 19.1 Å². The van der Waals surface area contributed by atoms with Crippen LogP contribution in [0.1, 0.15) is 16.7 Å². The summed E-state index contributed by atoms with van der Waals surface area (Å²) in [6.07, 6.45) is -3.90. The van der Waals surface area contributed by atoms with E-state index in [4.69, 9.17) is 5.26 Å². The molecular weight excluding hydrogens is 339 g/mol. The third-order valence-electron chi connectivity index (χ3n) is 3.28. The standard InChI is InChI=1S/C17H12F3NO2S/c1-12-6-8-14(9-7-12)24(22,23)15(11-21)10-13-4-2-3-5-16(13)17(18,19)20/h2-10H,1H3/b15-10-. The fourth-order valence-electron chi connectivity index (χ4n) is 2.04. The second kappa shape index (κ2) is 6.49. The Balaban J connectivity index is 2.59. The maximum Gasteiger partial charge on any atom is 0.416 e. The third-order valence-corrected chi connectivity index (χ3v) is 4.96. The summed E-state index contributed by atoms with van der Waals surface area (Å²) in [5, 5.41) is 9.15. The van der Waals surface area contributed by atoms with Crippen molar-refractivity contribution in [3.8, 4) is 6.07 Å². The van der Waals surface area contributed by atoms with Crippen molar-refractivity contribution in [2.75, 3.05) is 0 Å². The van der Waals surface area contributed by atoms with Gasteiger partial charge in [0.15, 0.2) is 0 Å². The predicted octanol–water partition coefficient (Wildman–Crippen LogP) is 4.35. The van der Waals surface area contributed by atoms with Crippen LogP contribution in [0.15, 0.2) is 58.3 Å². The average molecular weight is 351 g/mol. The van der Waals surface area contributed by atoms with Crippen molar-refractivity contribution >= 4 is 15.9 Å². The van der Waals surface area contributed by atoms with Gasteiger partial charge in [-0.25, -0.2) is 8.42 Å². The molecule has 0 N–H and O–H groups in total. The van der Waals surface area contributed by atoms with Gasteiger partial charge in [-0.3, -0.25) is 0 Å². The molecule has 0 unspecified atom stereocenters. The van der Waals surface area contributed by atoms with Gasteiger partial charge in [0.25, 0.3) is 0 Å². The second-order valence-corrected chi connectivity index (χ2v) is 6.94. The molecule has 0 saturated heterocycles. The number of aryl methyl sites for hydroxylation is 1. The van der Waals surface area contributed by atoms with Gasteiger partial charge in [0.1, 0.15) is 11.0 Å². The zero-order chi connectivity index (χ0) is 18.0. The van der Waals surface area contributed by atoms with E-state index in [2.05, 4.69) is 0 Å². The molecule has 2 aromatic carbocycles. The molecule has 3 nitrogen and oxygen atoms in total. The first-order chi connectivity index (χ1) is 11.2. The summed E-state index contributed by atoms with van der Waals surface area (Å²) in [6.45, 7) is 1.76. The van der Waals surface area contributed by atoms with E-state index in [9.17, 15) is 21.6 Å². The van der Waals surface area contributed by atoms with Crippen molar-refractivity contribution < 1.29 is 21.6 Å². The van der Waals surface area contributed by atoms with E-state index in [0.29, 0.717) is 0 Å². The molecule has 0 aliphatic rings. The van der Waals surface area contributed by atoms with E-state index >= 15 is 0 Å². The van der Waals surface area contributed by atoms with Gasteiger partial charge in [-0.05, 0) is 36.8 Å². The Hall–Kier alpha value is -2.59. The molecule has 0 aliphatic heterocycles. The Morgan fingerprint density at radius 2 is 1.67 bits per heavy atom. The van der Waals surface area contributed by atoms with Gasteiger partial charge < -0.3 is 0 Å². The molecule has 2 aromatic rings. The quantitative estimate of drug-likeness (QED) is 0.773. The molecule has 7 heteroatoms. The van der Waals surface area contributed by atoms with Gasteiger partial charge in [-0.1, -0.05) is 35.9 Å². The predicted molar refractivity (Wildman–Crippen MR) is 83.4 cm³/mol. The number of rotatable bonds is 3. The van der Waals surface area contributed by atoms with Crippen LogP contribution in [-0.2, 0) is 16.0 Å². The van der Waals surface area contributed by atoms with Crippen molar-refractivity contribution in [3.05, 3.63) is 70.1 Å². The lowest BCUT2D eigenvalue weighted by molar-refractivity contribution is -0.137. The minimum atomic E-state index is -4.65. The molecule has 0 aromatic heterocycles. The Labute approximate surface area is 137 Å². The fraction of sp³-hybridized carbons (Fsp3) is 0.118. The fourth-order valence-corrected chi connectivity index (χ4v) is 3.19. The van der Waals surface area contributed by atoms with Gasteiger partial charge in [0.2, 0.25) is 9.84 Å². The van der Waals surface area contributed by atoms with E-state index in [1.807, 2.05) is 0 Å². The molecule has 0 atom stereocenters. The molecule has 0 heterocycles. The highest BCUT2D eigenvalue weighted by atomic mass is 32.2. The summed E-state index contributed by atoms with van der Waals surface area (Å²) in [5.41, 5.74) is -0.562. The Kier molecular flexibility index (Phi) is 4.81. The molecule has 0 radical (unpaired) electrons. The van der Waals surface area contributed by atoms with Gasteiger partial charge in [0, 0.05) is 0 Å². The normalized spacial score (nSPS) is 12.7. The van der Waals surface area contributed by atoms with Crippen LogP contribution < -0.4 is 0 Å². The van der Waals surface area contributed by atoms with Crippen LogP contribution in [-0.4, -0.2) is 8.42 Å². The van der Waals surface area contributed by atoms with Gasteiger partial charge in [-0.2, -0.15) is 18.4 Å². The van der Waals surface area contributed by atoms with E-state index in [1.165, 1.54) is 30.3 Å². The lowest BCUT2D eigenvalue weighted by Crippen LogP contribution is -2.08.